The predicted molar refractivity (Wildman–Crippen MR) is 66.9 cm³/mol. The third kappa shape index (κ3) is 4.62. The molecule has 0 aromatic carbocycles. The van der Waals surface area contributed by atoms with Crippen molar-refractivity contribution in [1.82, 2.24) is 4.98 Å². The molecule has 1 fully saturated rings. The fourth-order valence-electron chi connectivity index (χ4n) is 1.05. The minimum Gasteiger partial charge on any atom is -0.485 e. The van der Waals surface area contributed by atoms with Gasteiger partial charge in [0.25, 0.3) is 0 Å². The second-order valence-corrected chi connectivity index (χ2v) is 2.92. The number of pyridine rings is 1. The molecule has 16 heavy (non-hydrogen) atoms. The molecule has 0 atom stereocenters. The lowest BCUT2D eigenvalue weighted by atomic mass is 10.2. The van der Waals surface area contributed by atoms with Gasteiger partial charge in [-0.2, -0.15) is 0 Å². The lowest BCUT2D eigenvalue weighted by molar-refractivity contribution is -0.0799. The highest BCUT2D eigenvalue weighted by Crippen LogP contribution is 2.18. The summed E-state index contributed by atoms with van der Waals surface area (Å²) < 4.78 is 10.6. The molecule has 0 aliphatic carbocycles. The van der Waals surface area contributed by atoms with Crippen molar-refractivity contribution in [1.29, 1.82) is 0 Å². The Morgan fingerprint density at radius 2 is 1.88 bits per heavy atom. The van der Waals surface area contributed by atoms with E-state index >= 15 is 0 Å². The first-order chi connectivity index (χ1) is 7.86. The first kappa shape index (κ1) is 14.9. The van der Waals surface area contributed by atoms with Crippen LogP contribution in [0.5, 0.6) is 5.75 Å². The van der Waals surface area contributed by atoms with Crippen molar-refractivity contribution >= 4 is 0 Å². The Hall–Kier alpha value is -1.09. The zero-order chi connectivity index (χ0) is 12.4. The molecule has 1 aromatic rings. The molecule has 3 heteroatoms. The molecule has 0 unspecified atom stereocenters. The summed E-state index contributed by atoms with van der Waals surface area (Å²) in [6.07, 6.45) is 3.78. The average molecular weight is 225 g/mol. The van der Waals surface area contributed by atoms with Crippen molar-refractivity contribution < 1.29 is 9.47 Å². The minimum absolute atomic E-state index is 0.242. The van der Waals surface area contributed by atoms with E-state index in [0.29, 0.717) is 13.2 Å². The summed E-state index contributed by atoms with van der Waals surface area (Å²) in [5.74, 6) is 0.915. The predicted octanol–water partition coefficient (Wildman–Crippen LogP) is 3.22. The van der Waals surface area contributed by atoms with Crippen molar-refractivity contribution in [3.8, 4) is 5.75 Å². The number of aryl methyl sites for hydroxylation is 1. The van der Waals surface area contributed by atoms with Gasteiger partial charge in [0.2, 0.25) is 0 Å². The Labute approximate surface area is 98.8 Å². The maximum absolute atomic E-state index is 5.62. The van der Waals surface area contributed by atoms with Crippen LogP contribution in [0.2, 0.25) is 0 Å². The molecule has 2 rings (SSSR count). The van der Waals surface area contributed by atoms with E-state index in [9.17, 15) is 0 Å². The zero-order valence-corrected chi connectivity index (χ0v) is 11.0. The van der Waals surface area contributed by atoms with Crippen LogP contribution >= 0.6 is 0 Å². The van der Waals surface area contributed by atoms with E-state index < -0.39 is 0 Å². The van der Waals surface area contributed by atoms with Gasteiger partial charge in [0.05, 0.1) is 13.2 Å². The highest BCUT2D eigenvalue weighted by molar-refractivity contribution is 5.28. The zero-order valence-electron chi connectivity index (χ0n) is 11.0. The van der Waals surface area contributed by atoms with Crippen molar-refractivity contribution in [2.75, 3.05) is 13.2 Å². The first-order valence-electron chi connectivity index (χ1n) is 6.01. The lowest BCUT2D eigenvalue weighted by Gasteiger charge is -2.27. The monoisotopic (exact) mass is 225 g/mol. The molecule has 0 saturated carbocycles. The Morgan fingerprint density at radius 1 is 1.25 bits per heavy atom. The van der Waals surface area contributed by atoms with Gasteiger partial charge < -0.3 is 9.47 Å². The van der Waals surface area contributed by atoms with Crippen molar-refractivity contribution in [2.45, 2.75) is 40.7 Å². The highest BCUT2D eigenvalue weighted by Gasteiger charge is 2.20. The Morgan fingerprint density at radius 3 is 2.31 bits per heavy atom. The maximum atomic E-state index is 5.62. The van der Waals surface area contributed by atoms with Crippen LogP contribution < -0.4 is 4.74 Å². The first-order valence-corrected chi connectivity index (χ1v) is 6.01. The standard InChI is InChI=1S/C9H11NO2.2C2H6/c1-7-4-10-3-2-9(7)12-8-5-11-6-8;2*1-2/h2-4,8H,5-6H2,1H3;2*1-2H3. The number of rotatable bonds is 2. The SMILES string of the molecule is CC.CC.Cc1cnccc1OC1COC1. The number of hydrogen-bond acceptors (Lipinski definition) is 3. The number of hydrogen-bond donors (Lipinski definition) is 0. The molecule has 1 aliphatic rings. The van der Waals surface area contributed by atoms with Gasteiger partial charge in [0, 0.05) is 18.0 Å². The molecule has 0 amide bonds. The number of nitrogens with zero attached hydrogens (tertiary/aromatic N) is 1. The normalized spacial score (nSPS) is 13.6. The number of aromatic nitrogens is 1. The van der Waals surface area contributed by atoms with Crippen LogP contribution in [-0.4, -0.2) is 24.3 Å². The average Bonchev–Trinajstić information content (AvgIpc) is 2.31. The fraction of sp³-hybridized carbons (Fsp3) is 0.615. The molecule has 1 saturated heterocycles. The lowest BCUT2D eigenvalue weighted by Crippen LogP contribution is -2.38. The van der Waals surface area contributed by atoms with Crippen molar-refractivity contribution in [3.63, 3.8) is 0 Å². The quantitative estimate of drug-likeness (QED) is 0.774. The molecular weight excluding hydrogens is 202 g/mol. The summed E-state index contributed by atoms with van der Waals surface area (Å²) >= 11 is 0. The van der Waals surface area contributed by atoms with Crippen LogP contribution in [-0.2, 0) is 4.74 Å². The van der Waals surface area contributed by atoms with Gasteiger partial charge in [-0.1, -0.05) is 27.7 Å². The maximum Gasteiger partial charge on any atom is 0.145 e. The van der Waals surface area contributed by atoms with Crippen LogP contribution in [0.15, 0.2) is 18.5 Å². The molecular formula is C13H23NO2. The van der Waals surface area contributed by atoms with Crippen LogP contribution in [0.3, 0.4) is 0 Å². The van der Waals surface area contributed by atoms with E-state index in [1.807, 2.05) is 40.7 Å². The van der Waals surface area contributed by atoms with Crippen molar-refractivity contribution in [3.05, 3.63) is 24.0 Å². The van der Waals surface area contributed by atoms with Crippen molar-refractivity contribution in [2.24, 2.45) is 0 Å². The summed E-state index contributed by atoms with van der Waals surface area (Å²) in [5.41, 5.74) is 1.07. The summed E-state index contributed by atoms with van der Waals surface area (Å²) in [4.78, 5) is 3.98. The molecule has 0 radical (unpaired) electrons. The van der Waals surface area contributed by atoms with E-state index in [2.05, 4.69) is 4.98 Å². The van der Waals surface area contributed by atoms with Gasteiger partial charge in [-0.3, -0.25) is 4.98 Å². The second kappa shape index (κ2) is 9.16. The van der Waals surface area contributed by atoms with E-state index in [1.165, 1.54) is 0 Å². The molecule has 2 heterocycles. The fourth-order valence-corrected chi connectivity index (χ4v) is 1.05. The smallest absolute Gasteiger partial charge is 0.145 e. The Kier molecular flexibility index (Phi) is 8.53. The topological polar surface area (TPSA) is 31.4 Å². The summed E-state index contributed by atoms with van der Waals surface area (Å²) in [5, 5.41) is 0. The summed E-state index contributed by atoms with van der Waals surface area (Å²) in [7, 11) is 0. The molecule has 3 nitrogen and oxygen atoms in total. The second-order valence-electron chi connectivity index (χ2n) is 2.92. The van der Waals surface area contributed by atoms with Gasteiger partial charge in [-0.05, 0) is 13.0 Å². The van der Waals surface area contributed by atoms with Crippen LogP contribution in [0.1, 0.15) is 33.3 Å². The van der Waals surface area contributed by atoms with Gasteiger partial charge in [-0.15, -0.1) is 0 Å². The van der Waals surface area contributed by atoms with E-state index in [-0.39, 0.29) is 6.10 Å². The Balaban J connectivity index is 0.000000509. The third-order valence-electron chi connectivity index (χ3n) is 1.87. The van der Waals surface area contributed by atoms with Gasteiger partial charge in [0.15, 0.2) is 0 Å². The van der Waals surface area contributed by atoms with E-state index in [4.69, 9.17) is 9.47 Å². The summed E-state index contributed by atoms with van der Waals surface area (Å²) in [6.45, 7) is 11.4. The summed E-state index contributed by atoms with van der Waals surface area (Å²) in [6, 6.07) is 1.88. The van der Waals surface area contributed by atoms with Gasteiger partial charge in [-0.25, -0.2) is 0 Å². The van der Waals surface area contributed by atoms with Crippen LogP contribution in [0.25, 0.3) is 0 Å². The Bertz CT molecular complexity index is 272. The van der Waals surface area contributed by atoms with Gasteiger partial charge in [0.1, 0.15) is 11.9 Å². The molecule has 0 bridgehead atoms. The van der Waals surface area contributed by atoms with Gasteiger partial charge >= 0.3 is 0 Å². The third-order valence-corrected chi connectivity index (χ3v) is 1.87. The molecule has 0 N–H and O–H groups in total. The molecule has 1 aliphatic heterocycles. The molecule has 1 aromatic heterocycles. The van der Waals surface area contributed by atoms with Crippen LogP contribution in [0.4, 0.5) is 0 Å². The minimum atomic E-state index is 0.242. The highest BCUT2D eigenvalue weighted by atomic mass is 16.6. The van der Waals surface area contributed by atoms with E-state index in [0.717, 1.165) is 11.3 Å². The molecule has 92 valence electrons. The van der Waals surface area contributed by atoms with E-state index in [1.54, 1.807) is 12.4 Å². The number of ether oxygens (including phenoxy) is 2. The van der Waals surface area contributed by atoms with Crippen LogP contribution in [0, 0.1) is 6.92 Å². The largest absolute Gasteiger partial charge is 0.485 e. The molecule has 0 spiro atoms.